The van der Waals surface area contributed by atoms with E-state index in [1.807, 2.05) is 54.8 Å². The Kier molecular flexibility index (Phi) is 5.57. The summed E-state index contributed by atoms with van der Waals surface area (Å²) in [4.78, 5) is 17.1. The molecule has 0 saturated heterocycles. The Morgan fingerprint density at radius 2 is 2.11 bits per heavy atom. The first-order valence-electron chi connectivity index (χ1n) is 9.01. The molecule has 4 rings (SSSR count). The zero-order chi connectivity index (χ0) is 19.5. The lowest BCUT2D eigenvalue weighted by molar-refractivity contribution is -0.123. The van der Waals surface area contributed by atoms with Crippen LogP contribution in [0, 0.1) is 6.92 Å². The van der Waals surface area contributed by atoms with Gasteiger partial charge in [0.15, 0.2) is 6.61 Å². The minimum atomic E-state index is -0.241. The molecule has 0 spiro atoms. The number of aliphatic hydroxyl groups is 1. The molecule has 0 aliphatic heterocycles. The Morgan fingerprint density at radius 3 is 2.89 bits per heavy atom. The Hall–Kier alpha value is -2.48. The number of aryl methyl sites for hydroxylation is 1. The molecule has 2 aromatic carbocycles. The van der Waals surface area contributed by atoms with Gasteiger partial charge in [0.05, 0.1) is 26.0 Å². The molecule has 4 aromatic rings. The third-order valence-corrected chi connectivity index (χ3v) is 6.32. The van der Waals surface area contributed by atoms with Gasteiger partial charge in [0.25, 0.3) is 5.91 Å². The maximum Gasteiger partial charge on any atom is 0.258 e. The first-order chi connectivity index (χ1) is 13.7. The number of thiophene rings is 1. The summed E-state index contributed by atoms with van der Waals surface area (Å²) in [6.07, 6.45) is 0.455. The number of amides is 1. The van der Waals surface area contributed by atoms with Crippen molar-refractivity contribution in [3.05, 3.63) is 58.4 Å². The van der Waals surface area contributed by atoms with Gasteiger partial charge in [-0.1, -0.05) is 30.3 Å². The van der Waals surface area contributed by atoms with Gasteiger partial charge in [-0.05, 0) is 30.4 Å². The topological polar surface area (TPSA) is 71.5 Å². The van der Waals surface area contributed by atoms with Crippen LogP contribution in [-0.4, -0.2) is 29.2 Å². The molecular weight excluding hydrogens is 392 g/mol. The van der Waals surface area contributed by atoms with Gasteiger partial charge in [-0.3, -0.25) is 4.79 Å². The van der Waals surface area contributed by atoms with E-state index in [0.717, 1.165) is 30.9 Å². The van der Waals surface area contributed by atoms with Crippen molar-refractivity contribution in [1.82, 2.24) is 10.3 Å². The van der Waals surface area contributed by atoms with Crippen molar-refractivity contribution in [2.75, 3.05) is 13.2 Å². The summed E-state index contributed by atoms with van der Waals surface area (Å²) in [5.41, 5.74) is 1.96. The van der Waals surface area contributed by atoms with E-state index in [4.69, 9.17) is 4.74 Å². The van der Waals surface area contributed by atoms with E-state index in [2.05, 4.69) is 10.3 Å². The smallest absolute Gasteiger partial charge is 0.258 e. The summed E-state index contributed by atoms with van der Waals surface area (Å²) in [5.74, 6) is 0.479. The number of thiazole rings is 1. The summed E-state index contributed by atoms with van der Waals surface area (Å²) in [6.45, 7) is 1.91. The number of rotatable bonds is 7. The van der Waals surface area contributed by atoms with Crippen molar-refractivity contribution in [3.63, 3.8) is 0 Å². The normalized spacial score (nSPS) is 12.4. The average Bonchev–Trinajstić information content (AvgIpc) is 3.32. The predicted octanol–water partition coefficient (Wildman–Crippen LogP) is 4.44. The van der Waals surface area contributed by atoms with Crippen LogP contribution in [0.4, 0.5) is 0 Å². The van der Waals surface area contributed by atoms with Gasteiger partial charge in [0, 0.05) is 18.1 Å². The number of hydrogen-bond donors (Lipinski definition) is 2. The molecule has 1 amide bonds. The number of hydrogen-bond acceptors (Lipinski definition) is 6. The summed E-state index contributed by atoms with van der Waals surface area (Å²) in [7, 11) is 0. The van der Waals surface area contributed by atoms with E-state index in [0.29, 0.717) is 12.2 Å². The minimum absolute atomic E-state index is 0.00236. The molecule has 0 fully saturated rings. The van der Waals surface area contributed by atoms with Crippen molar-refractivity contribution < 1.29 is 14.6 Å². The van der Waals surface area contributed by atoms with E-state index < -0.39 is 0 Å². The molecule has 2 aromatic heterocycles. The Balaban J connectivity index is 1.50. The van der Waals surface area contributed by atoms with Crippen molar-refractivity contribution in [2.45, 2.75) is 19.4 Å². The van der Waals surface area contributed by atoms with Crippen molar-refractivity contribution in [3.8, 4) is 5.75 Å². The fourth-order valence-corrected chi connectivity index (χ4v) is 5.06. The number of ether oxygens (including phenoxy) is 1. The predicted molar refractivity (Wildman–Crippen MR) is 114 cm³/mol. The molecule has 144 valence electrons. The Bertz CT molecular complexity index is 1100. The van der Waals surface area contributed by atoms with Crippen LogP contribution in [0.15, 0.2) is 47.8 Å². The second-order valence-electron chi connectivity index (χ2n) is 6.45. The van der Waals surface area contributed by atoms with Gasteiger partial charge in [-0.15, -0.1) is 22.7 Å². The number of aliphatic hydroxyl groups excluding tert-OH is 1. The van der Waals surface area contributed by atoms with Gasteiger partial charge in [0.2, 0.25) is 0 Å². The van der Waals surface area contributed by atoms with Gasteiger partial charge >= 0.3 is 0 Å². The van der Waals surface area contributed by atoms with E-state index >= 15 is 0 Å². The van der Waals surface area contributed by atoms with Crippen LogP contribution >= 0.6 is 22.7 Å². The number of fused-ring (bicyclic) bond motifs is 3. The summed E-state index contributed by atoms with van der Waals surface area (Å²) in [5, 5.41) is 16.3. The van der Waals surface area contributed by atoms with E-state index in [-0.39, 0.29) is 25.2 Å². The van der Waals surface area contributed by atoms with Crippen molar-refractivity contribution >= 4 is 48.9 Å². The highest BCUT2D eigenvalue weighted by molar-refractivity contribution is 7.21. The van der Waals surface area contributed by atoms with Gasteiger partial charge in [-0.25, -0.2) is 4.98 Å². The van der Waals surface area contributed by atoms with Crippen LogP contribution in [0.2, 0.25) is 0 Å². The Morgan fingerprint density at radius 1 is 1.29 bits per heavy atom. The van der Waals surface area contributed by atoms with E-state index in [9.17, 15) is 9.90 Å². The minimum Gasteiger partial charge on any atom is -0.483 e. The molecule has 2 N–H and O–H groups in total. The first kappa shape index (κ1) is 18.9. The SMILES string of the molecule is Cc1nc2c(cc(OCC(=O)N[C@H](CCO)c3ccccc3)c3ccsc32)s1. The molecular formula is C21H20N2O3S2. The van der Waals surface area contributed by atoms with Crippen LogP contribution in [0.5, 0.6) is 5.75 Å². The Labute approximate surface area is 170 Å². The second-order valence-corrected chi connectivity index (χ2v) is 8.60. The number of benzene rings is 2. The number of carbonyl (C=O) groups excluding carboxylic acids is 1. The van der Waals surface area contributed by atoms with Crippen LogP contribution in [-0.2, 0) is 4.79 Å². The molecule has 1 atom stereocenters. The highest BCUT2D eigenvalue weighted by atomic mass is 32.1. The summed E-state index contributed by atoms with van der Waals surface area (Å²) >= 11 is 3.25. The largest absolute Gasteiger partial charge is 0.483 e. The molecule has 0 unspecified atom stereocenters. The maximum absolute atomic E-state index is 12.5. The molecule has 0 radical (unpaired) electrons. The standard InChI is InChI=1S/C21H20N2O3S2/c1-13-22-20-18(28-13)11-17(15-8-10-27-21(15)20)26-12-19(25)23-16(7-9-24)14-5-3-2-4-6-14/h2-6,8,10-11,16,24H,7,9,12H2,1H3,(H,23,25)/t16-/m1/s1. The zero-order valence-corrected chi connectivity index (χ0v) is 17.0. The number of carbonyl (C=O) groups is 1. The quantitative estimate of drug-likeness (QED) is 0.471. The lowest BCUT2D eigenvalue weighted by Gasteiger charge is -2.18. The zero-order valence-electron chi connectivity index (χ0n) is 15.3. The van der Waals surface area contributed by atoms with Crippen molar-refractivity contribution in [1.29, 1.82) is 0 Å². The van der Waals surface area contributed by atoms with Crippen molar-refractivity contribution in [2.24, 2.45) is 0 Å². The van der Waals surface area contributed by atoms with Crippen LogP contribution in [0.1, 0.15) is 23.0 Å². The van der Waals surface area contributed by atoms with Crippen LogP contribution in [0.25, 0.3) is 20.3 Å². The molecule has 0 aliphatic carbocycles. The maximum atomic E-state index is 12.5. The highest BCUT2D eigenvalue weighted by Crippen LogP contribution is 2.38. The average molecular weight is 413 g/mol. The number of nitrogens with one attached hydrogen (secondary N) is 1. The molecule has 28 heavy (non-hydrogen) atoms. The third-order valence-electron chi connectivity index (χ3n) is 4.48. The second kappa shape index (κ2) is 8.26. The molecule has 2 heterocycles. The third kappa shape index (κ3) is 3.87. The van der Waals surface area contributed by atoms with Gasteiger partial charge in [0.1, 0.15) is 5.75 Å². The molecule has 7 heteroatoms. The molecule has 5 nitrogen and oxygen atoms in total. The summed E-state index contributed by atoms with van der Waals surface area (Å²) in [6, 6.07) is 13.4. The van der Waals surface area contributed by atoms with E-state index in [1.54, 1.807) is 22.7 Å². The fourth-order valence-electron chi connectivity index (χ4n) is 3.22. The first-order valence-corrected chi connectivity index (χ1v) is 10.7. The fraction of sp³-hybridized carbons (Fsp3) is 0.238. The lowest BCUT2D eigenvalue weighted by atomic mass is 10.0. The van der Waals surface area contributed by atoms with Gasteiger partial charge < -0.3 is 15.2 Å². The molecule has 0 bridgehead atoms. The van der Waals surface area contributed by atoms with E-state index in [1.165, 1.54) is 0 Å². The number of aromatic nitrogens is 1. The molecule has 0 saturated carbocycles. The molecule has 0 aliphatic rings. The lowest BCUT2D eigenvalue weighted by Crippen LogP contribution is -2.33. The van der Waals surface area contributed by atoms with Crippen LogP contribution < -0.4 is 10.1 Å². The summed E-state index contributed by atoms with van der Waals surface area (Å²) < 4.78 is 8.03. The number of nitrogens with zero attached hydrogens (tertiary/aromatic N) is 1. The highest BCUT2D eigenvalue weighted by Gasteiger charge is 2.16. The monoisotopic (exact) mass is 412 g/mol. The van der Waals surface area contributed by atoms with Crippen LogP contribution in [0.3, 0.4) is 0 Å². The van der Waals surface area contributed by atoms with Gasteiger partial charge in [-0.2, -0.15) is 0 Å².